The van der Waals surface area contributed by atoms with E-state index in [1.165, 1.54) is 12.1 Å². The van der Waals surface area contributed by atoms with Gasteiger partial charge in [0.25, 0.3) is 10.1 Å². The number of ether oxygens (including phenoxy) is 2. The molecule has 1 aliphatic heterocycles. The average Bonchev–Trinajstić information content (AvgIpc) is 2.82. The van der Waals surface area contributed by atoms with Crippen LogP contribution in [-0.4, -0.2) is 38.3 Å². The topological polar surface area (TPSA) is 89.9 Å². The number of rotatable bonds is 4. The van der Waals surface area contributed by atoms with Gasteiger partial charge in [-0.2, -0.15) is 8.42 Å². The number of ketones is 1. The first-order chi connectivity index (χ1) is 8.50. The van der Waals surface area contributed by atoms with Crippen molar-refractivity contribution in [1.82, 2.24) is 0 Å². The first-order valence-electron chi connectivity index (χ1n) is 5.28. The lowest BCUT2D eigenvalue weighted by molar-refractivity contribution is -0.144. The van der Waals surface area contributed by atoms with Crippen LogP contribution in [0.1, 0.15) is 10.8 Å². The average molecular weight is 272 g/mol. The van der Waals surface area contributed by atoms with E-state index in [0.29, 0.717) is 0 Å². The van der Waals surface area contributed by atoms with Gasteiger partial charge in [0.15, 0.2) is 5.25 Å². The molecule has 1 heterocycles. The van der Waals surface area contributed by atoms with Crippen LogP contribution in [0.2, 0.25) is 0 Å². The van der Waals surface area contributed by atoms with Crippen LogP contribution in [0.5, 0.6) is 0 Å². The monoisotopic (exact) mass is 272 g/mol. The summed E-state index contributed by atoms with van der Waals surface area (Å²) in [6.45, 7) is 0.451. The molecular weight excluding hydrogens is 260 g/mol. The van der Waals surface area contributed by atoms with E-state index in [2.05, 4.69) is 0 Å². The Morgan fingerprint density at radius 3 is 2.28 bits per heavy atom. The predicted molar refractivity (Wildman–Crippen MR) is 61.4 cm³/mol. The summed E-state index contributed by atoms with van der Waals surface area (Å²) in [5.41, 5.74) is 0.184. The van der Waals surface area contributed by atoms with E-state index >= 15 is 0 Å². The highest BCUT2D eigenvalue weighted by Crippen LogP contribution is 2.26. The molecule has 0 aromatic heterocycles. The molecule has 0 radical (unpaired) electrons. The van der Waals surface area contributed by atoms with Crippen LogP contribution in [0.25, 0.3) is 0 Å². The van der Waals surface area contributed by atoms with Gasteiger partial charge < -0.3 is 9.47 Å². The molecule has 1 unspecified atom stereocenters. The van der Waals surface area contributed by atoms with E-state index in [1.54, 1.807) is 18.2 Å². The zero-order valence-corrected chi connectivity index (χ0v) is 10.2. The first kappa shape index (κ1) is 13.2. The van der Waals surface area contributed by atoms with Crippen LogP contribution in [0.4, 0.5) is 0 Å². The van der Waals surface area contributed by atoms with Gasteiger partial charge in [-0.15, -0.1) is 0 Å². The van der Waals surface area contributed by atoms with Gasteiger partial charge in [0, 0.05) is 0 Å². The lowest BCUT2D eigenvalue weighted by Gasteiger charge is -2.16. The maximum Gasteiger partial charge on any atom is 0.279 e. The van der Waals surface area contributed by atoms with Crippen LogP contribution in [0, 0.1) is 0 Å². The summed E-state index contributed by atoms with van der Waals surface area (Å²) in [5, 5.41) is -1.68. The molecule has 6 nitrogen and oxygen atoms in total. The number of benzene rings is 1. The van der Waals surface area contributed by atoms with Crippen LogP contribution in [0.15, 0.2) is 30.3 Å². The second-order valence-electron chi connectivity index (χ2n) is 3.78. The number of hydrogen-bond donors (Lipinski definition) is 1. The Bertz CT molecular complexity index is 518. The van der Waals surface area contributed by atoms with Gasteiger partial charge in [-0.1, -0.05) is 30.3 Å². The summed E-state index contributed by atoms with van der Waals surface area (Å²) in [7, 11) is -4.56. The summed E-state index contributed by atoms with van der Waals surface area (Å²) >= 11 is 0. The number of hydrogen-bond acceptors (Lipinski definition) is 5. The molecule has 1 N–H and O–H groups in total. The van der Waals surface area contributed by atoms with E-state index in [4.69, 9.17) is 9.47 Å². The third-order valence-electron chi connectivity index (χ3n) is 2.51. The Morgan fingerprint density at radius 1 is 1.22 bits per heavy atom. The molecule has 1 atom stereocenters. The largest absolute Gasteiger partial charge is 0.344 e. The van der Waals surface area contributed by atoms with Crippen molar-refractivity contribution in [3.63, 3.8) is 0 Å². The van der Waals surface area contributed by atoms with E-state index in [-0.39, 0.29) is 18.8 Å². The molecule has 0 saturated carbocycles. The normalized spacial score (nSPS) is 18.7. The van der Waals surface area contributed by atoms with Crippen molar-refractivity contribution < 1.29 is 27.2 Å². The molecule has 1 saturated heterocycles. The second-order valence-corrected chi connectivity index (χ2v) is 5.28. The summed E-state index contributed by atoms with van der Waals surface area (Å²) in [5.74, 6) is -0.818. The number of carbonyl (C=O) groups is 1. The van der Waals surface area contributed by atoms with Gasteiger partial charge in [-0.25, -0.2) is 0 Å². The summed E-state index contributed by atoms with van der Waals surface area (Å²) in [6, 6.07) is 7.74. The van der Waals surface area contributed by atoms with Crippen molar-refractivity contribution in [3.8, 4) is 0 Å². The summed E-state index contributed by atoms with van der Waals surface area (Å²) in [4.78, 5) is 12.0. The van der Waals surface area contributed by atoms with Gasteiger partial charge in [0.05, 0.1) is 13.2 Å². The van der Waals surface area contributed by atoms with Gasteiger partial charge >= 0.3 is 0 Å². The van der Waals surface area contributed by atoms with E-state index < -0.39 is 27.4 Å². The highest BCUT2D eigenvalue weighted by atomic mass is 32.2. The Hall–Kier alpha value is -1.28. The highest BCUT2D eigenvalue weighted by Gasteiger charge is 2.39. The molecule has 2 rings (SSSR count). The zero-order valence-electron chi connectivity index (χ0n) is 9.35. The third kappa shape index (κ3) is 2.75. The first-order valence-corrected chi connectivity index (χ1v) is 6.78. The molecule has 1 aromatic carbocycles. The van der Waals surface area contributed by atoms with Crippen LogP contribution in [-0.2, 0) is 24.4 Å². The highest BCUT2D eigenvalue weighted by molar-refractivity contribution is 7.86. The molecule has 1 aromatic rings. The Morgan fingerprint density at radius 2 is 1.78 bits per heavy atom. The SMILES string of the molecule is O=C(C1OCCO1)C(c1ccccc1)S(=O)(=O)O. The predicted octanol–water partition coefficient (Wildman–Crippen LogP) is 0.558. The van der Waals surface area contributed by atoms with Gasteiger partial charge in [-0.05, 0) is 5.56 Å². The minimum Gasteiger partial charge on any atom is -0.344 e. The van der Waals surface area contributed by atoms with Gasteiger partial charge in [-0.3, -0.25) is 9.35 Å². The van der Waals surface area contributed by atoms with Crippen molar-refractivity contribution in [2.24, 2.45) is 0 Å². The quantitative estimate of drug-likeness (QED) is 0.805. The van der Waals surface area contributed by atoms with E-state index in [0.717, 1.165) is 0 Å². The molecule has 7 heteroatoms. The van der Waals surface area contributed by atoms with Crippen LogP contribution >= 0.6 is 0 Å². The molecule has 0 spiro atoms. The smallest absolute Gasteiger partial charge is 0.279 e. The second kappa shape index (κ2) is 5.15. The molecule has 1 fully saturated rings. The zero-order chi connectivity index (χ0) is 13.2. The van der Waals surface area contributed by atoms with E-state index in [9.17, 15) is 17.8 Å². The molecule has 98 valence electrons. The van der Waals surface area contributed by atoms with Crippen molar-refractivity contribution in [1.29, 1.82) is 0 Å². The molecule has 0 aliphatic carbocycles. The van der Waals surface area contributed by atoms with Crippen molar-refractivity contribution in [2.75, 3.05) is 13.2 Å². The molecular formula is C11H12O6S. The lowest BCUT2D eigenvalue weighted by Crippen LogP contribution is -2.32. The molecule has 1 aliphatic rings. The van der Waals surface area contributed by atoms with Crippen molar-refractivity contribution >= 4 is 15.9 Å². The van der Waals surface area contributed by atoms with Crippen molar-refractivity contribution in [3.05, 3.63) is 35.9 Å². The van der Waals surface area contributed by atoms with Crippen molar-refractivity contribution in [2.45, 2.75) is 11.5 Å². The van der Waals surface area contributed by atoms with Crippen LogP contribution in [0.3, 0.4) is 0 Å². The van der Waals surface area contributed by atoms with Crippen LogP contribution < -0.4 is 0 Å². The fourth-order valence-electron chi connectivity index (χ4n) is 1.76. The third-order valence-corrected chi connectivity index (χ3v) is 3.61. The minimum atomic E-state index is -4.56. The number of Topliss-reactive ketones (excluding diaryl/α,β-unsaturated/α-hetero) is 1. The fraction of sp³-hybridized carbons (Fsp3) is 0.364. The Labute approximate surface area is 104 Å². The van der Waals surface area contributed by atoms with Gasteiger partial charge in [0.2, 0.25) is 12.1 Å². The fourth-order valence-corrected chi connectivity index (χ4v) is 2.66. The van der Waals surface area contributed by atoms with E-state index in [1.807, 2.05) is 0 Å². The molecule has 18 heavy (non-hydrogen) atoms. The Balaban J connectivity index is 2.35. The maximum absolute atomic E-state index is 12.0. The summed E-state index contributed by atoms with van der Waals surface area (Å²) in [6.07, 6.45) is -1.24. The maximum atomic E-state index is 12.0. The Kier molecular flexibility index (Phi) is 3.76. The standard InChI is InChI=1S/C11H12O6S/c12-9(11-16-6-7-17-11)10(18(13,14)15)8-4-2-1-3-5-8/h1-5,10-11H,6-7H2,(H,13,14,15). The minimum absolute atomic E-state index is 0.184. The molecule has 0 amide bonds. The summed E-state index contributed by atoms with van der Waals surface area (Å²) < 4.78 is 41.8. The molecule has 0 bridgehead atoms. The van der Waals surface area contributed by atoms with Gasteiger partial charge in [0.1, 0.15) is 0 Å². The lowest BCUT2D eigenvalue weighted by atomic mass is 10.1. The number of carbonyl (C=O) groups excluding carboxylic acids is 1.